The summed E-state index contributed by atoms with van der Waals surface area (Å²) < 4.78 is 7.18. The van der Waals surface area contributed by atoms with Crippen molar-refractivity contribution in [1.82, 2.24) is 14.9 Å². The lowest BCUT2D eigenvalue weighted by atomic mass is 10.3. The van der Waals surface area contributed by atoms with Gasteiger partial charge in [0.15, 0.2) is 11.6 Å². The van der Waals surface area contributed by atoms with Crippen molar-refractivity contribution in [2.75, 3.05) is 31.1 Å². The number of nitrogens with one attached hydrogen (secondary N) is 2. The monoisotopic (exact) mass is 415 g/mol. The minimum absolute atomic E-state index is 0.254. The number of hydrogen-bond donors (Lipinski definition) is 3. The molecule has 0 radical (unpaired) electrons. The van der Waals surface area contributed by atoms with Gasteiger partial charge in [0.1, 0.15) is 17.8 Å². The number of unbranched alkanes of at least 4 members (excludes halogenated alkanes) is 1. The Morgan fingerprint density at radius 2 is 2.30 bits per heavy atom. The second kappa shape index (κ2) is 10.1. The van der Waals surface area contributed by atoms with E-state index in [1.165, 1.54) is 4.57 Å². The van der Waals surface area contributed by atoms with Crippen LogP contribution in [0.4, 0.5) is 11.5 Å². The maximum atomic E-state index is 12.4. The minimum atomic E-state index is -0.467. The maximum absolute atomic E-state index is 12.4. The van der Waals surface area contributed by atoms with Crippen molar-refractivity contribution in [2.24, 2.45) is 4.99 Å². The van der Waals surface area contributed by atoms with Gasteiger partial charge in [-0.2, -0.15) is 0 Å². The van der Waals surface area contributed by atoms with Crippen LogP contribution >= 0.6 is 0 Å². The van der Waals surface area contributed by atoms with Crippen molar-refractivity contribution in [3.8, 4) is 5.75 Å². The van der Waals surface area contributed by atoms with Crippen molar-refractivity contribution in [3.05, 3.63) is 35.6 Å². The van der Waals surface area contributed by atoms with Gasteiger partial charge in [-0.05, 0) is 25.8 Å². The molecule has 0 spiro atoms. The van der Waals surface area contributed by atoms with Gasteiger partial charge < -0.3 is 25.0 Å². The maximum Gasteiger partial charge on any atom is 0.267 e. The van der Waals surface area contributed by atoms with Crippen LogP contribution in [0.3, 0.4) is 0 Å². The molecule has 0 aromatic carbocycles. The van der Waals surface area contributed by atoms with E-state index >= 15 is 0 Å². The summed E-state index contributed by atoms with van der Waals surface area (Å²) in [5.74, 6) is 1.03. The van der Waals surface area contributed by atoms with Crippen molar-refractivity contribution >= 4 is 23.8 Å². The molecule has 3 rings (SSSR count). The molecule has 1 aliphatic rings. The highest BCUT2D eigenvalue weighted by molar-refractivity contribution is 5.94. The molecule has 1 unspecified atom stereocenters. The van der Waals surface area contributed by atoms with Crippen LogP contribution in [0.25, 0.3) is 0 Å². The second-order valence-corrected chi connectivity index (χ2v) is 7.28. The molecule has 9 heteroatoms. The fourth-order valence-electron chi connectivity index (χ4n) is 3.19. The number of aromatic nitrogens is 2. The zero-order valence-electron chi connectivity index (χ0n) is 17.4. The number of hydrogen-bond acceptors (Lipinski definition) is 6. The van der Waals surface area contributed by atoms with Crippen molar-refractivity contribution in [1.29, 1.82) is 0 Å². The lowest BCUT2D eigenvalue weighted by Gasteiger charge is -2.28. The molecule has 0 saturated heterocycles. The van der Waals surface area contributed by atoms with Crippen LogP contribution in [0.2, 0.25) is 0 Å². The number of fused-ring (bicyclic) bond motifs is 1. The molecule has 2 aromatic heterocycles. The van der Waals surface area contributed by atoms with Crippen LogP contribution in [0, 0.1) is 0 Å². The zero-order valence-corrected chi connectivity index (χ0v) is 17.4. The number of H-pyrrole nitrogens is 1. The molecular formula is C21H29N5O4. The van der Waals surface area contributed by atoms with Gasteiger partial charge in [-0.15, -0.1) is 0 Å². The van der Waals surface area contributed by atoms with E-state index in [1.807, 2.05) is 17.0 Å². The number of anilines is 2. The van der Waals surface area contributed by atoms with Crippen LogP contribution in [-0.4, -0.2) is 59.3 Å². The summed E-state index contributed by atoms with van der Waals surface area (Å²) in [5.41, 5.74) is 1.84. The summed E-state index contributed by atoms with van der Waals surface area (Å²) in [5, 5.41) is 12.1. The Hall–Kier alpha value is -3.07. The third-order valence-electron chi connectivity index (χ3n) is 4.85. The zero-order chi connectivity index (χ0) is 21.5. The average Bonchev–Trinajstić information content (AvgIpc) is 3.18. The number of carbonyl (C=O) groups excluding carboxylic acids is 2. The van der Waals surface area contributed by atoms with E-state index in [0.717, 1.165) is 24.9 Å². The third-order valence-corrected chi connectivity index (χ3v) is 4.85. The Bertz CT molecular complexity index is 947. The van der Waals surface area contributed by atoms with Gasteiger partial charge in [-0.1, -0.05) is 13.3 Å². The lowest BCUT2D eigenvalue weighted by molar-refractivity contribution is 0.0941. The highest BCUT2D eigenvalue weighted by Gasteiger charge is 2.24. The van der Waals surface area contributed by atoms with Crippen molar-refractivity contribution in [3.63, 3.8) is 0 Å². The van der Waals surface area contributed by atoms with Crippen LogP contribution in [0.15, 0.2) is 29.4 Å². The van der Waals surface area contributed by atoms with Crippen LogP contribution in [0.5, 0.6) is 5.75 Å². The number of aliphatic hydroxyl groups excluding tert-OH is 1. The number of aliphatic hydroxyl groups is 1. The van der Waals surface area contributed by atoms with Crippen molar-refractivity contribution in [2.45, 2.75) is 39.2 Å². The predicted octanol–water partition coefficient (Wildman–Crippen LogP) is 1.59. The fourth-order valence-corrected chi connectivity index (χ4v) is 3.19. The van der Waals surface area contributed by atoms with E-state index in [-0.39, 0.29) is 5.91 Å². The highest BCUT2D eigenvalue weighted by atomic mass is 16.5. The predicted molar refractivity (Wildman–Crippen MR) is 114 cm³/mol. The van der Waals surface area contributed by atoms with E-state index in [4.69, 9.17) is 4.74 Å². The first-order valence-corrected chi connectivity index (χ1v) is 10.3. The lowest BCUT2D eigenvalue weighted by Crippen LogP contribution is -2.30. The molecule has 3 N–H and O–H groups in total. The average molecular weight is 415 g/mol. The van der Waals surface area contributed by atoms with Gasteiger partial charge in [-0.25, -0.2) is 0 Å². The molecule has 1 aliphatic heterocycles. The van der Waals surface area contributed by atoms with Crippen LogP contribution in [-0.2, 0) is 4.79 Å². The van der Waals surface area contributed by atoms with Crippen LogP contribution in [0.1, 0.15) is 43.6 Å². The molecule has 2 aromatic rings. The largest absolute Gasteiger partial charge is 0.488 e. The summed E-state index contributed by atoms with van der Waals surface area (Å²) in [6, 6.07) is 5.38. The van der Waals surface area contributed by atoms with E-state index in [9.17, 15) is 14.7 Å². The molecule has 0 bridgehead atoms. The number of aromatic amines is 1. The van der Waals surface area contributed by atoms with E-state index < -0.39 is 6.10 Å². The van der Waals surface area contributed by atoms with Gasteiger partial charge in [-0.3, -0.25) is 19.1 Å². The number of amides is 1. The Balaban J connectivity index is 1.85. The Labute approximate surface area is 175 Å². The first kappa shape index (κ1) is 21.6. The molecule has 0 fully saturated rings. The fraction of sp³-hybridized carbons (Fsp3) is 0.476. The molecular weight excluding hydrogens is 386 g/mol. The SMILES string of the molecule is CCCCN=c1cc(N2CCOc3cc(C(=O)NCCC(C)O)[nH]c32)ccn1C=O. The second-order valence-electron chi connectivity index (χ2n) is 7.28. The molecule has 0 aliphatic carbocycles. The van der Waals surface area contributed by atoms with E-state index in [2.05, 4.69) is 22.2 Å². The summed E-state index contributed by atoms with van der Waals surface area (Å²) in [7, 11) is 0. The first-order chi connectivity index (χ1) is 14.5. The number of ether oxygens (including phenoxy) is 1. The molecule has 0 saturated carbocycles. The molecule has 1 amide bonds. The highest BCUT2D eigenvalue weighted by Crippen LogP contribution is 2.36. The minimum Gasteiger partial charge on any atom is -0.488 e. The van der Waals surface area contributed by atoms with Gasteiger partial charge in [0.2, 0.25) is 6.41 Å². The summed E-state index contributed by atoms with van der Waals surface area (Å²) in [6.07, 6.45) is 4.43. The summed E-state index contributed by atoms with van der Waals surface area (Å²) in [4.78, 5) is 33.5. The summed E-state index contributed by atoms with van der Waals surface area (Å²) >= 11 is 0. The first-order valence-electron chi connectivity index (χ1n) is 10.3. The van der Waals surface area contributed by atoms with Gasteiger partial charge in [0, 0.05) is 37.1 Å². The molecule has 9 nitrogen and oxygen atoms in total. The Kier molecular flexibility index (Phi) is 7.29. The standard InChI is InChI=1S/C21H29N5O4/c1-3-4-7-22-19-12-16(6-9-25(19)14-27)26-10-11-30-18-13-17(24-20(18)26)21(29)23-8-5-15(2)28/h6,9,12-15,24,28H,3-5,7-8,10-11H2,1-2H3,(H,23,29). The van der Waals surface area contributed by atoms with Crippen molar-refractivity contribution < 1.29 is 19.4 Å². The number of pyridine rings is 1. The molecule has 1 atom stereocenters. The Morgan fingerprint density at radius 1 is 1.47 bits per heavy atom. The van der Waals surface area contributed by atoms with Gasteiger partial charge in [0.05, 0.1) is 12.6 Å². The van der Waals surface area contributed by atoms with E-state index in [1.54, 1.807) is 19.2 Å². The number of carbonyl (C=O) groups is 2. The van der Waals surface area contributed by atoms with Gasteiger partial charge in [0.25, 0.3) is 5.91 Å². The van der Waals surface area contributed by atoms with Gasteiger partial charge >= 0.3 is 0 Å². The van der Waals surface area contributed by atoms with Crippen LogP contribution < -0.4 is 20.4 Å². The smallest absolute Gasteiger partial charge is 0.267 e. The third kappa shape index (κ3) is 5.10. The number of rotatable bonds is 9. The Morgan fingerprint density at radius 3 is 3.03 bits per heavy atom. The number of nitrogens with zero attached hydrogens (tertiary/aromatic N) is 3. The van der Waals surface area contributed by atoms with E-state index in [0.29, 0.717) is 55.4 Å². The topological polar surface area (TPSA) is 112 Å². The normalized spacial score (nSPS) is 14.8. The molecule has 3 heterocycles. The summed E-state index contributed by atoms with van der Waals surface area (Å²) in [6.45, 7) is 5.88. The molecule has 162 valence electrons. The quantitative estimate of drug-likeness (QED) is 0.425. The molecule has 30 heavy (non-hydrogen) atoms.